The van der Waals surface area contributed by atoms with Gasteiger partial charge >= 0.3 is 0 Å². The second-order valence-electron chi connectivity index (χ2n) is 10.0. The van der Waals surface area contributed by atoms with E-state index in [1.54, 1.807) is 6.07 Å². The Balaban J connectivity index is 1.39. The summed E-state index contributed by atoms with van der Waals surface area (Å²) in [5.74, 6) is -1.32. The normalized spacial score (nSPS) is 14.9. The van der Waals surface area contributed by atoms with Crippen LogP contribution in [0.5, 0.6) is 0 Å². The SMILES string of the molecule is CC(F)CNc1cc(N2CCN(C)CC2)ccc1C(=O)Nc1n[nH]c2ccc(Cc3cc(F)cc(F)c3)cc12. The van der Waals surface area contributed by atoms with Crippen molar-refractivity contribution in [1.82, 2.24) is 15.1 Å². The largest absolute Gasteiger partial charge is 0.381 e. The summed E-state index contributed by atoms with van der Waals surface area (Å²) < 4.78 is 41.0. The molecular formula is C29H31F3N6O. The van der Waals surface area contributed by atoms with Gasteiger partial charge in [-0.25, -0.2) is 13.2 Å². The first-order chi connectivity index (χ1) is 18.7. The maximum absolute atomic E-state index is 13.7. The van der Waals surface area contributed by atoms with E-state index in [2.05, 4.69) is 37.7 Å². The van der Waals surface area contributed by atoms with Crippen LogP contribution in [0.3, 0.4) is 0 Å². The van der Waals surface area contributed by atoms with Crippen LogP contribution >= 0.6 is 0 Å². The van der Waals surface area contributed by atoms with Crippen LogP contribution in [0.15, 0.2) is 54.6 Å². The van der Waals surface area contributed by atoms with Crippen LogP contribution in [0.2, 0.25) is 0 Å². The summed E-state index contributed by atoms with van der Waals surface area (Å²) in [6, 6.07) is 14.4. The number of hydrogen-bond acceptors (Lipinski definition) is 5. The fourth-order valence-electron chi connectivity index (χ4n) is 4.78. The lowest BCUT2D eigenvalue weighted by atomic mass is 10.0. The predicted molar refractivity (Wildman–Crippen MR) is 148 cm³/mol. The van der Waals surface area contributed by atoms with Gasteiger partial charge in [-0.05, 0) is 74.0 Å². The number of piperazine rings is 1. The van der Waals surface area contributed by atoms with E-state index in [4.69, 9.17) is 0 Å². The minimum Gasteiger partial charge on any atom is -0.381 e. The Labute approximate surface area is 225 Å². The van der Waals surface area contributed by atoms with Crippen molar-refractivity contribution in [1.29, 1.82) is 0 Å². The van der Waals surface area contributed by atoms with E-state index in [1.807, 2.05) is 30.3 Å². The molecule has 1 unspecified atom stereocenters. The van der Waals surface area contributed by atoms with Crippen LogP contribution in [0, 0.1) is 11.6 Å². The van der Waals surface area contributed by atoms with Crippen molar-refractivity contribution in [3.05, 3.63) is 82.9 Å². The molecule has 2 heterocycles. The number of halogens is 3. The smallest absolute Gasteiger partial charge is 0.258 e. The summed E-state index contributed by atoms with van der Waals surface area (Å²) >= 11 is 0. The first kappa shape index (κ1) is 26.6. The first-order valence-corrected chi connectivity index (χ1v) is 12.9. The molecule has 1 fully saturated rings. The van der Waals surface area contributed by atoms with Crippen molar-refractivity contribution in [2.75, 3.05) is 55.3 Å². The number of alkyl halides is 1. The molecule has 1 amide bonds. The van der Waals surface area contributed by atoms with Crippen LogP contribution in [-0.4, -0.2) is 66.9 Å². The van der Waals surface area contributed by atoms with Crippen molar-refractivity contribution < 1.29 is 18.0 Å². The van der Waals surface area contributed by atoms with Crippen molar-refractivity contribution in [3.8, 4) is 0 Å². The molecule has 0 radical (unpaired) electrons. The number of hydrogen-bond donors (Lipinski definition) is 3. The van der Waals surface area contributed by atoms with E-state index in [-0.39, 0.29) is 12.5 Å². The van der Waals surface area contributed by atoms with Crippen LogP contribution in [-0.2, 0) is 6.42 Å². The second kappa shape index (κ2) is 11.4. The first-order valence-electron chi connectivity index (χ1n) is 12.9. The van der Waals surface area contributed by atoms with Crippen molar-refractivity contribution >= 4 is 34.0 Å². The molecule has 1 saturated heterocycles. The topological polar surface area (TPSA) is 76.3 Å². The summed E-state index contributed by atoms with van der Waals surface area (Å²) in [5, 5.41) is 13.8. The van der Waals surface area contributed by atoms with Gasteiger partial charge in [0.25, 0.3) is 5.91 Å². The third-order valence-electron chi connectivity index (χ3n) is 6.88. The number of aromatic nitrogens is 2. The number of H-pyrrole nitrogens is 1. The lowest BCUT2D eigenvalue weighted by Crippen LogP contribution is -2.44. The van der Waals surface area contributed by atoms with Gasteiger partial charge < -0.3 is 20.4 Å². The highest BCUT2D eigenvalue weighted by atomic mass is 19.1. The number of rotatable bonds is 8. The predicted octanol–water partition coefficient (Wildman–Crippen LogP) is 5.21. The highest BCUT2D eigenvalue weighted by molar-refractivity contribution is 6.11. The summed E-state index contributed by atoms with van der Waals surface area (Å²) in [4.78, 5) is 17.9. The molecule has 0 aliphatic carbocycles. The molecule has 0 saturated carbocycles. The molecule has 0 spiro atoms. The molecule has 5 rings (SSSR count). The van der Waals surface area contributed by atoms with Gasteiger partial charge in [-0.2, -0.15) is 5.10 Å². The van der Waals surface area contributed by atoms with Gasteiger partial charge in [0.05, 0.1) is 11.1 Å². The second-order valence-corrected chi connectivity index (χ2v) is 10.0. The van der Waals surface area contributed by atoms with E-state index in [0.29, 0.717) is 40.0 Å². The molecule has 4 aromatic rings. The fraction of sp³-hybridized carbons (Fsp3) is 0.310. The van der Waals surface area contributed by atoms with Gasteiger partial charge in [-0.15, -0.1) is 0 Å². The van der Waals surface area contributed by atoms with Gasteiger partial charge in [0.15, 0.2) is 5.82 Å². The lowest BCUT2D eigenvalue weighted by molar-refractivity contribution is 0.102. The molecule has 0 bridgehead atoms. The Morgan fingerprint density at radius 2 is 1.74 bits per heavy atom. The quantitative estimate of drug-likeness (QED) is 0.289. The molecular weight excluding hydrogens is 505 g/mol. The third-order valence-corrected chi connectivity index (χ3v) is 6.88. The molecule has 10 heteroatoms. The van der Waals surface area contributed by atoms with Gasteiger partial charge in [-0.3, -0.25) is 9.89 Å². The third kappa shape index (κ3) is 6.34. The van der Waals surface area contributed by atoms with Crippen LogP contribution in [0.1, 0.15) is 28.4 Å². The van der Waals surface area contributed by atoms with Crippen molar-refractivity contribution in [2.45, 2.75) is 19.5 Å². The highest BCUT2D eigenvalue weighted by Gasteiger charge is 2.20. The van der Waals surface area contributed by atoms with Gasteiger partial charge in [-0.1, -0.05) is 6.07 Å². The maximum Gasteiger partial charge on any atom is 0.258 e. The van der Waals surface area contributed by atoms with E-state index in [0.717, 1.165) is 43.5 Å². The number of fused-ring (bicyclic) bond motifs is 1. The molecule has 3 aromatic carbocycles. The number of likely N-dealkylation sites (N-methyl/N-ethyl adjacent to an activating group) is 1. The number of carbonyl (C=O) groups excluding carboxylic acids is 1. The van der Waals surface area contributed by atoms with E-state index in [1.165, 1.54) is 19.1 Å². The van der Waals surface area contributed by atoms with E-state index < -0.39 is 17.8 Å². The van der Waals surface area contributed by atoms with E-state index in [9.17, 15) is 18.0 Å². The zero-order chi connectivity index (χ0) is 27.5. The molecule has 1 atom stereocenters. The number of nitrogens with zero attached hydrogens (tertiary/aromatic N) is 3. The zero-order valence-corrected chi connectivity index (χ0v) is 21.9. The Hall–Kier alpha value is -4.05. The zero-order valence-electron chi connectivity index (χ0n) is 21.9. The summed E-state index contributed by atoms with van der Waals surface area (Å²) in [7, 11) is 2.09. The molecule has 7 nitrogen and oxygen atoms in total. The minimum absolute atomic E-state index is 0.0713. The van der Waals surface area contributed by atoms with Gasteiger partial charge in [0, 0.05) is 55.6 Å². The average Bonchev–Trinajstić information content (AvgIpc) is 3.29. The number of anilines is 3. The Kier molecular flexibility index (Phi) is 7.74. The molecule has 3 N–H and O–H groups in total. The number of nitrogens with one attached hydrogen (secondary N) is 3. The number of carbonyl (C=O) groups is 1. The Bertz CT molecular complexity index is 1460. The number of aromatic amines is 1. The van der Waals surface area contributed by atoms with Gasteiger partial charge in [0.1, 0.15) is 17.8 Å². The van der Waals surface area contributed by atoms with E-state index >= 15 is 0 Å². The Morgan fingerprint density at radius 3 is 2.46 bits per heavy atom. The van der Waals surface area contributed by atoms with Crippen LogP contribution in [0.25, 0.3) is 10.9 Å². The standard InChI is InChI=1S/C29H31F3N6O/c1-18(30)17-33-27-16-23(38-9-7-37(2)8-10-38)4-5-24(27)29(39)34-28-25-14-19(3-6-26(25)35-36-28)11-20-12-21(31)15-22(32)13-20/h3-6,12-16,18,33H,7-11,17H2,1-2H3,(H2,34,35,36,39). The van der Waals surface area contributed by atoms with Crippen LogP contribution < -0.4 is 15.5 Å². The molecule has 39 heavy (non-hydrogen) atoms. The Morgan fingerprint density at radius 1 is 1.00 bits per heavy atom. The average molecular weight is 537 g/mol. The number of amides is 1. The monoisotopic (exact) mass is 536 g/mol. The maximum atomic E-state index is 13.7. The molecule has 1 aromatic heterocycles. The summed E-state index contributed by atoms with van der Waals surface area (Å²) in [5.41, 5.74) is 3.89. The summed E-state index contributed by atoms with van der Waals surface area (Å²) in [6.07, 6.45) is -0.777. The highest BCUT2D eigenvalue weighted by Crippen LogP contribution is 2.28. The van der Waals surface area contributed by atoms with Crippen molar-refractivity contribution in [3.63, 3.8) is 0 Å². The lowest BCUT2D eigenvalue weighted by Gasteiger charge is -2.34. The minimum atomic E-state index is -1.09. The van der Waals surface area contributed by atoms with Crippen molar-refractivity contribution in [2.24, 2.45) is 0 Å². The molecule has 1 aliphatic rings. The molecule has 204 valence electrons. The molecule has 1 aliphatic heterocycles. The number of benzene rings is 3. The van der Waals surface area contributed by atoms with Crippen LogP contribution in [0.4, 0.5) is 30.4 Å². The van der Waals surface area contributed by atoms with Gasteiger partial charge in [0.2, 0.25) is 0 Å². The summed E-state index contributed by atoms with van der Waals surface area (Å²) in [6.45, 7) is 5.14. The fourth-order valence-corrected chi connectivity index (χ4v) is 4.78.